The molecule has 2 fully saturated rings. The Labute approximate surface area is 179 Å². The van der Waals surface area contributed by atoms with E-state index < -0.39 is 32.2 Å². The van der Waals surface area contributed by atoms with Crippen molar-refractivity contribution in [1.82, 2.24) is 0 Å². The van der Waals surface area contributed by atoms with Crippen molar-refractivity contribution < 1.29 is 42.6 Å². The Hall–Kier alpha value is -0.510. The van der Waals surface area contributed by atoms with E-state index in [1.54, 1.807) is 6.92 Å². The molecule has 0 bridgehead atoms. The average molecular weight is 451 g/mol. The third-order valence-corrected chi connectivity index (χ3v) is 6.00. The zero-order valence-corrected chi connectivity index (χ0v) is 19.6. The largest absolute Gasteiger partial charge is 0.746 e. The molecule has 10 heteroatoms. The fourth-order valence-electron chi connectivity index (χ4n) is 3.78. The quantitative estimate of drug-likeness (QED) is 0.373. The minimum Gasteiger partial charge on any atom is -0.746 e. The molecular formula is C20H36O9P-. The van der Waals surface area contributed by atoms with Crippen molar-refractivity contribution in [2.45, 2.75) is 103 Å². The Morgan fingerprint density at radius 2 is 1.90 bits per heavy atom. The second-order valence-corrected chi connectivity index (χ2v) is 9.96. The molecule has 0 spiro atoms. The normalized spacial score (nSPS) is 36.4. The van der Waals surface area contributed by atoms with E-state index in [2.05, 4.69) is 6.58 Å². The summed E-state index contributed by atoms with van der Waals surface area (Å²) in [5, 5.41) is 9.95. The van der Waals surface area contributed by atoms with E-state index in [0.717, 1.165) is 0 Å². The fraction of sp³-hybridized carbons (Fsp3) is 0.900. The van der Waals surface area contributed by atoms with Crippen molar-refractivity contribution in [2.75, 3.05) is 13.2 Å². The molecule has 2 aliphatic heterocycles. The van der Waals surface area contributed by atoms with Crippen molar-refractivity contribution in [3.05, 3.63) is 12.3 Å². The van der Waals surface area contributed by atoms with Crippen molar-refractivity contribution >= 4 is 7.82 Å². The van der Waals surface area contributed by atoms with Gasteiger partial charge in [-0.05, 0) is 41.5 Å². The van der Waals surface area contributed by atoms with Gasteiger partial charge in [0.1, 0.15) is 23.6 Å². The lowest BCUT2D eigenvalue weighted by Gasteiger charge is -2.36. The van der Waals surface area contributed by atoms with E-state index in [9.17, 15) is 14.6 Å². The lowest BCUT2D eigenvalue weighted by molar-refractivity contribution is -0.236. The van der Waals surface area contributed by atoms with Crippen LogP contribution in [0.25, 0.3) is 0 Å². The van der Waals surface area contributed by atoms with Crippen LogP contribution in [0.3, 0.4) is 0 Å². The molecule has 2 unspecified atom stereocenters. The molecule has 2 heterocycles. The lowest BCUT2D eigenvalue weighted by atomic mass is 9.98. The van der Waals surface area contributed by atoms with Crippen molar-refractivity contribution in [1.29, 1.82) is 0 Å². The number of hydrogen-bond donors (Lipinski definition) is 1. The third kappa shape index (κ3) is 6.74. The Balaban J connectivity index is 2.07. The van der Waals surface area contributed by atoms with Crippen molar-refractivity contribution in [3.63, 3.8) is 0 Å². The summed E-state index contributed by atoms with van der Waals surface area (Å²) in [6.45, 7) is 14.4. The predicted molar refractivity (Wildman–Crippen MR) is 108 cm³/mol. The third-order valence-electron chi connectivity index (χ3n) is 5.03. The second-order valence-electron chi connectivity index (χ2n) is 8.67. The van der Waals surface area contributed by atoms with Gasteiger partial charge in [0.15, 0.2) is 0 Å². The van der Waals surface area contributed by atoms with Crippen LogP contribution < -0.4 is 4.89 Å². The molecule has 30 heavy (non-hydrogen) atoms. The minimum absolute atomic E-state index is 0.00925. The molecule has 0 aliphatic carbocycles. The van der Waals surface area contributed by atoms with Gasteiger partial charge in [0.2, 0.25) is 0 Å². The van der Waals surface area contributed by atoms with Crippen LogP contribution in [0.15, 0.2) is 12.3 Å². The van der Waals surface area contributed by atoms with Gasteiger partial charge in [0.05, 0.1) is 43.7 Å². The van der Waals surface area contributed by atoms with Crippen LogP contribution in [0.2, 0.25) is 0 Å². The molecular weight excluding hydrogens is 415 g/mol. The van der Waals surface area contributed by atoms with Gasteiger partial charge in [0, 0.05) is 12.8 Å². The zero-order valence-electron chi connectivity index (χ0n) is 18.7. The lowest BCUT2D eigenvalue weighted by Crippen LogP contribution is -2.49. The Kier molecular flexibility index (Phi) is 8.93. The zero-order chi connectivity index (χ0) is 22.7. The highest BCUT2D eigenvalue weighted by Crippen LogP contribution is 2.49. The molecule has 7 atom stereocenters. The molecule has 0 aromatic heterocycles. The molecule has 2 rings (SSSR count). The first-order valence-electron chi connectivity index (χ1n) is 10.5. The van der Waals surface area contributed by atoms with Crippen LogP contribution in [0.4, 0.5) is 0 Å². The molecule has 2 aliphatic rings. The number of rotatable bonds is 11. The maximum absolute atomic E-state index is 12.7. The summed E-state index contributed by atoms with van der Waals surface area (Å²) in [4.78, 5) is 12.7. The maximum atomic E-state index is 12.7. The molecule has 9 nitrogen and oxygen atoms in total. The number of phosphoric ester groups is 1. The predicted octanol–water partition coefficient (Wildman–Crippen LogP) is 2.31. The highest BCUT2D eigenvalue weighted by Gasteiger charge is 2.50. The van der Waals surface area contributed by atoms with Crippen LogP contribution in [-0.4, -0.2) is 66.6 Å². The van der Waals surface area contributed by atoms with E-state index in [1.807, 2.05) is 34.6 Å². The standard InChI is InChI=1S/C20H37O9P/c1-12(2)24-11-20(10-21)18(9-15(6)27-20)29-30(22,23)28-16(7)19-17(25-13(3)4)8-14(5)26-19/h12-15,17-19,21H,7-11H2,1-6H3,(H,22,23)/p-1/t14-,15-,17?,18+,19+,20+/m0/s1. The van der Waals surface area contributed by atoms with Crippen LogP contribution in [-0.2, 0) is 32.6 Å². The summed E-state index contributed by atoms with van der Waals surface area (Å²) in [6, 6.07) is 0. The van der Waals surface area contributed by atoms with Gasteiger partial charge in [-0.1, -0.05) is 6.58 Å². The first-order chi connectivity index (χ1) is 13.9. The van der Waals surface area contributed by atoms with Gasteiger partial charge < -0.3 is 38.0 Å². The molecule has 0 aromatic rings. The number of aliphatic hydroxyl groups is 1. The Bertz CT molecular complexity index is 625. The molecule has 2 saturated heterocycles. The topological polar surface area (TPSA) is 116 Å². The summed E-state index contributed by atoms with van der Waals surface area (Å²) in [5.74, 6) is -0.0941. The van der Waals surface area contributed by atoms with Crippen LogP contribution in [0.5, 0.6) is 0 Å². The van der Waals surface area contributed by atoms with E-state index in [0.29, 0.717) is 6.42 Å². The van der Waals surface area contributed by atoms with Crippen LogP contribution in [0, 0.1) is 0 Å². The second kappa shape index (κ2) is 10.4. The average Bonchev–Trinajstić information content (AvgIpc) is 3.11. The number of phosphoric acid groups is 1. The smallest absolute Gasteiger partial charge is 0.319 e. The van der Waals surface area contributed by atoms with E-state index in [-0.39, 0.29) is 49.3 Å². The molecule has 0 amide bonds. The van der Waals surface area contributed by atoms with E-state index in [1.165, 1.54) is 0 Å². The number of hydrogen-bond acceptors (Lipinski definition) is 9. The Morgan fingerprint density at radius 1 is 1.23 bits per heavy atom. The Morgan fingerprint density at radius 3 is 2.47 bits per heavy atom. The maximum Gasteiger partial charge on any atom is 0.319 e. The van der Waals surface area contributed by atoms with E-state index in [4.69, 9.17) is 28.0 Å². The van der Waals surface area contributed by atoms with E-state index >= 15 is 0 Å². The van der Waals surface area contributed by atoms with Crippen LogP contribution in [0.1, 0.15) is 54.4 Å². The fourth-order valence-corrected chi connectivity index (χ4v) is 4.80. The van der Waals surface area contributed by atoms with Crippen molar-refractivity contribution in [2.24, 2.45) is 0 Å². The summed E-state index contributed by atoms with van der Waals surface area (Å²) >= 11 is 0. The molecule has 0 aromatic carbocycles. The molecule has 0 saturated carbocycles. The summed E-state index contributed by atoms with van der Waals surface area (Å²) in [6.07, 6.45) is -1.80. The molecule has 176 valence electrons. The van der Waals surface area contributed by atoms with Crippen molar-refractivity contribution in [3.8, 4) is 0 Å². The highest BCUT2D eigenvalue weighted by atomic mass is 31.2. The molecule has 0 radical (unpaired) electrons. The summed E-state index contributed by atoms with van der Waals surface area (Å²) in [7, 11) is -4.83. The summed E-state index contributed by atoms with van der Waals surface area (Å²) in [5.41, 5.74) is -1.30. The van der Waals surface area contributed by atoms with Crippen LogP contribution >= 0.6 is 7.82 Å². The number of ether oxygens (including phenoxy) is 4. The highest BCUT2D eigenvalue weighted by molar-refractivity contribution is 7.46. The molecule has 1 N–H and O–H groups in total. The SMILES string of the molecule is C=C(OP(=O)([O-])O[C@@H]1C[C@H](C)O[C@]1(CO)COC(C)C)[C@H]1O[C@@H](C)CC1OC(C)C. The first-order valence-corrected chi connectivity index (χ1v) is 11.9. The first kappa shape index (κ1) is 25.7. The monoisotopic (exact) mass is 451 g/mol. The number of aliphatic hydroxyl groups excluding tert-OH is 1. The van der Waals surface area contributed by atoms with Gasteiger partial charge >= 0.3 is 7.82 Å². The van der Waals surface area contributed by atoms with Gasteiger partial charge in [-0.3, -0.25) is 4.57 Å². The van der Waals surface area contributed by atoms with Gasteiger partial charge in [0.25, 0.3) is 0 Å². The van der Waals surface area contributed by atoms with Gasteiger partial charge in [-0.2, -0.15) is 0 Å². The summed E-state index contributed by atoms with van der Waals surface area (Å²) < 4.78 is 46.1. The van der Waals surface area contributed by atoms with Gasteiger partial charge in [-0.15, -0.1) is 0 Å². The minimum atomic E-state index is -4.83. The van der Waals surface area contributed by atoms with Gasteiger partial charge in [-0.25, -0.2) is 0 Å².